The highest BCUT2D eigenvalue weighted by atomic mass is 35.5. The Bertz CT molecular complexity index is 595. The maximum absolute atomic E-state index is 5.92. The first kappa shape index (κ1) is 13.5. The van der Waals surface area contributed by atoms with E-state index < -0.39 is 0 Å². The van der Waals surface area contributed by atoms with E-state index in [-0.39, 0.29) is 0 Å². The average molecular weight is 288 g/mol. The summed E-state index contributed by atoms with van der Waals surface area (Å²) in [4.78, 5) is 9.28. The van der Waals surface area contributed by atoms with Crippen LogP contribution >= 0.6 is 11.6 Å². The van der Waals surface area contributed by atoms with E-state index in [1.807, 2.05) is 30.5 Å². The molecular weight excluding hydrogens is 270 g/mol. The number of fused-ring (bicyclic) bond motifs is 1. The van der Waals surface area contributed by atoms with E-state index in [1.54, 1.807) is 0 Å². The van der Waals surface area contributed by atoms with E-state index in [1.165, 1.54) is 24.1 Å². The Kier molecular flexibility index (Phi) is 3.99. The van der Waals surface area contributed by atoms with Crippen molar-refractivity contribution in [2.45, 2.75) is 32.2 Å². The number of hydrogen-bond acceptors (Lipinski definition) is 3. The number of halogens is 1. The van der Waals surface area contributed by atoms with Crippen molar-refractivity contribution in [2.24, 2.45) is 0 Å². The Morgan fingerprint density at radius 3 is 2.85 bits per heavy atom. The molecule has 0 radical (unpaired) electrons. The lowest BCUT2D eigenvalue weighted by Gasteiger charge is -2.25. The minimum absolute atomic E-state index is 0.406. The number of nitrogens with zero attached hydrogens (tertiary/aromatic N) is 2. The SMILES string of the molecule is CCNC1CCCc2nc(-c3ccc(Cl)cc3)ncc21. The summed E-state index contributed by atoms with van der Waals surface area (Å²) >= 11 is 5.92. The molecule has 0 saturated heterocycles. The van der Waals surface area contributed by atoms with Gasteiger partial charge in [0.15, 0.2) is 5.82 Å². The smallest absolute Gasteiger partial charge is 0.159 e. The normalized spacial score (nSPS) is 17.8. The van der Waals surface area contributed by atoms with Crippen LogP contribution in [0.1, 0.15) is 37.1 Å². The lowest BCUT2D eigenvalue weighted by Crippen LogP contribution is -2.25. The standard InChI is InChI=1S/C16H18ClN3/c1-2-18-14-4-3-5-15-13(14)10-19-16(20-15)11-6-8-12(17)9-7-11/h6-10,14,18H,2-5H2,1H3. The van der Waals surface area contributed by atoms with Crippen molar-refractivity contribution in [3.8, 4) is 11.4 Å². The minimum Gasteiger partial charge on any atom is -0.310 e. The Balaban J connectivity index is 1.94. The van der Waals surface area contributed by atoms with E-state index in [0.29, 0.717) is 6.04 Å². The highest BCUT2D eigenvalue weighted by Gasteiger charge is 2.21. The zero-order chi connectivity index (χ0) is 13.9. The van der Waals surface area contributed by atoms with Gasteiger partial charge in [-0.1, -0.05) is 18.5 Å². The third kappa shape index (κ3) is 2.69. The minimum atomic E-state index is 0.406. The van der Waals surface area contributed by atoms with Gasteiger partial charge in [-0.25, -0.2) is 9.97 Å². The molecule has 0 aliphatic heterocycles. The number of rotatable bonds is 3. The second-order valence-electron chi connectivity index (χ2n) is 5.11. The molecule has 0 saturated carbocycles. The quantitative estimate of drug-likeness (QED) is 0.933. The molecule has 3 nitrogen and oxygen atoms in total. The molecule has 1 unspecified atom stereocenters. The van der Waals surface area contributed by atoms with Gasteiger partial charge in [-0.15, -0.1) is 0 Å². The molecule has 3 rings (SSSR count). The van der Waals surface area contributed by atoms with Crippen LogP contribution in [0.15, 0.2) is 30.5 Å². The van der Waals surface area contributed by atoms with Crippen LogP contribution in [0, 0.1) is 0 Å². The fourth-order valence-electron chi connectivity index (χ4n) is 2.74. The van der Waals surface area contributed by atoms with Crippen molar-refractivity contribution in [1.29, 1.82) is 0 Å². The van der Waals surface area contributed by atoms with E-state index in [4.69, 9.17) is 16.6 Å². The van der Waals surface area contributed by atoms with Gasteiger partial charge in [0, 0.05) is 34.1 Å². The van der Waals surface area contributed by atoms with Crippen molar-refractivity contribution < 1.29 is 0 Å². The number of nitrogens with one attached hydrogen (secondary N) is 1. The summed E-state index contributed by atoms with van der Waals surface area (Å²) in [6.07, 6.45) is 5.38. The Morgan fingerprint density at radius 2 is 2.10 bits per heavy atom. The predicted molar refractivity (Wildman–Crippen MR) is 81.8 cm³/mol. The molecule has 0 fully saturated rings. The Labute approximate surface area is 124 Å². The summed E-state index contributed by atoms with van der Waals surface area (Å²) in [5.74, 6) is 0.789. The monoisotopic (exact) mass is 287 g/mol. The van der Waals surface area contributed by atoms with Gasteiger partial charge >= 0.3 is 0 Å². The summed E-state index contributed by atoms with van der Waals surface area (Å²) < 4.78 is 0. The number of hydrogen-bond donors (Lipinski definition) is 1. The van der Waals surface area contributed by atoms with Gasteiger partial charge in [0.1, 0.15) is 0 Å². The van der Waals surface area contributed by atoms with Gasteiger partial charge in [-0.2, -0.15) is 0 Å². The highest BCUT2D eigenvalue weighted by Crippen LogP contribution is 2.29. The highest BCUT2D eigenvalue weighted by molar-refractivity contribution is 6.30. The van der Waals surface area contributed by atoms with Gasteiger partial charge < -0.3 is 5.32 Å². The van der Waals surface area contributed by atoms with E-state index in [9.17, 15) is 0 Å². The predicted octanol–water partition coefficient (Wildman–Crippen LogP) is 3.78. The number of aromatic nitrogens is 2. The molecule has 1 aliphatic carbocycles. The lowest BCUT2D eigenvalue weighted by molar-refractivity contribution is 0.464. The molecule has 1 aromatic carbocycles. The van der Waals surface area contributed by atoms with Crippen molar-refractivity contribution in [3.63, 3.8) is 0 Å². The second-order valence-corrected chi connectivity index (χ2v) is 5.54. The third-order valence-corrected chi connectivity index (χ3v) is 3.99. The molecule has 2 aromatic rings. The van der Waals surface area contributed by atoms with Gasteiger partial charge in [0.05, 0.1) is 0 Å². The molecular formula is C16H18ClN3. The van der Waals surface area contributed by atoms with Gasteiger partial charge in [-0.05, 0) is 50.1 Å². The van der Waals surface area contributed by atoms with Crippen LogP contribution in [0.4, 0.5) is 0 Å². The van der Waals surface area contributed by atoms with Gasteiger partial charge in [0.2, 0.25) is 0 Å². The molecule has 20 heavy (non-hydrogen) atoms. The van der Waals surface area contributed by atoms with E-state index in [2.05, 4.69) is 17.2 Å². The topological polar surface area (TPSA) is 37.8 Å². The molecule has 1 N–H and O–H groups in total. The largest absolute Gasteiger partial charge is 0.310 e. The first-order valence-electron chi connectivity index (χ1n) is 7.13. The van der Waals surface area contributed by atoms with Crippen LogP contribution in [-0.2, 0) is 6.42 Å². The molecule has 0 amide bonds. The van der Waals surface area contributed by atoms with Crippen LogP contribution in [0.3, 0.4) is 0 Å². The maximum Gasteiger partial charge on any atom is 0.159 e. The van der Waals surface area contributed by atoms with Crippen molar-refractivity contribution in [3.05, 3.63) is 46.7 Å². The molecule has 1 aliphatic rings. The maximum atomic E-state index is 5.92. The first-order chi connectivity index (χ1) is 9.78. The fraction of sp³-hybridized carbons (Fsp3) is 0.375. The number of benzene rings is 1. The van der Waals surface area contributed by atoms with Crippen LogP contribution in [0.5, 0.6) is 0 Å². The van der Waals surface area contributed by atoms with E-state index >= 15 is 0 Å². The van der Waals surface area contributed by atoms with Crippen LogP contribution < -0.4 is 5.32 Å². The third-order valence-electron chi connectivity index (χ3n) is 3.73. The zero-order valence-electron chi connectivity index (χ0n) is 11.6. The van der Waals surface area contributed by atoms with Crippen LogP contribution in [-0.4, -0.2) is 16.5 Å². The Morgan fingerprint density at radius 1 is 1.30 bits per heavy atom. The van der Waals surface area contributed by atoms with Gasteiger partial charge in [0.25, 0.3) is 0 Å². The van der Waals surface area contributed by atoms with E-state index in [0.717, 1.165) is 29.4 Å². The second kappa shape index (κ2) is 5.90. The average Bonchev–Trinajstić information content (AvgIpc) is 2.48. The summed E-state index contributed by atoms with van der Waals surface area (Å²) in [6.45, 7) is 3.11. The van der Waals surface area contributed by atoms with Crippen molar-refractivity contribution in [2.75, 3.05) is 6.54 Å². The summed E-state index contributed by atoms with van der Waals surface area (Å²) in [5.41, 5.74) is 3.46. The summed E-state index contributed by atoms with van der Waals surface area (Å²) in [6, 6.07) is 8.09. The summed E-state index contributed by atoms with van der Waals surface area (Å²) in [5, 5.41) is 4.25. The van der Waals surface area contributed by atoms with Crippen molar-refractivity contribution >= 4 is 11.6 Å². The molecule has 104 valence electrons. The Hall–Kier alpha value is -1.45. The first-order valence-corrected chi connectivity index (χ1v) is 7.51. The molecule has 4 heteroatoms. The molecule has 1 heterocycles. The molecule has 0 bridgehead atoms. The number of aryl methyl sites for hydroxylation is 1. The molecule has 0 spiro atoms. The molecule has 1 atom stereocenters. The molecule has 1 aromatic heterocycles. The van der Waals surface area contributed by atoms with Crippen molar-refractivity contribution in [1.82, 2.24) is 15.3 Å². The lowest BCUT2D eigenvalue weighted by atomic mass is 9.92. The summed E-state index contributed by atoms with van der Waals surface area (Å²) in [7, 11) is 0. The van der Waals surface area contributed by atoms with Gasteiger partial charge in [-0.3, -0.25) is 0 Å². The van der Waals surface area contributed by atoms with Crippen LogP contribution in [0.25, 0.3) is 11.4 Å². The fourth-order valence-corrected chi connectivity index (χ4v) is 2.87. The van der Waals surface area contributed by atoms with Crippen LogP contribution in [0.2, 0.25) is 5.02 Å². The zero-order valence-corrected chi connectivity index (χ0v) is 12.3.